The van der Waals surface area contributed by atoms with Gasteiger partial charge in [0.2, 0.25) is 5.91 Å². The van der Waals surface area contributed by atoms with Gasteiger partial charge < -0.3 is 14.9 Å². The topological polar surface area (TPSA) is 77.9 Å². The quantitative estimate of drug-likeness (QED) is 0.598. The van der Waals surface area contributed by atoms with Crippen LogP contribution in [0.4, 0.5) is 0 Å². The zero-order chi connectivity index (χ0) is 21.5. The SMILES string of the molecule is CCCCCCCC(=O)N1CCC2=C(C1)C(=O)N([C@@H](Cc1ccccc1)C(=O)O)C2. The van der Waals surface area contributed by atoms with Gasteiger partial charge >= 0.3 is 5.97 Å². The summed E-state index contributed by atoms with van der Waals surface area (Å²) < 4.78 is 0. The van der Waals surface area contributed by atoms with Crippen molar-refractivity contribution in [1.29, 1.82) is 0 Å². The molecule has 2 heterocycles. The standard InChI is InChI=1S/C24H32N2O4/c1-2-3-4-5-9-12-22(27)25-14-13-19-16-26(23(28)20(19)17-25)21(24(29)30)15-18-10-7-6-8-11-18/h6-8,10-11,21H,2-5,9,12-17H2,1H3,(H,29,30)/t21-/m0/s1. The summed E-state index contributed by atoms with van der Waals surface area (Å²) in [5, 5.41) is 9.77. The van der Waals surface area contributed by atoms with Gasteiger partial charge in [-0.2, -0.15) is 0 Å². The minimum absolute atomic E-state index is 0.100. The lowest BCUT2D eigenvalue weighted by molar-refractivity contribution is -0.147. The summed E-state index contributed by atoms with van der Waals surface area (Å²) >= 11 is 0. The van der Waals surface area contributed by atoms with E-state index in [-0.39, 0.29) is 18.2 Å². The Bertz CT molecular complexity index is 803. The molecular formula is C24H32N2O4. The lowest BCUT2D eigenvalue weighted by Crippen LogP contribution is -2.45. The summed E-state index contributed by atoms with van der Waals surface area (Å²) in [7, 11) is 0. The predicted molar refractivity (Wildman–Crippen MR) is 115 cm³/mol. The zero-order valence-electron chi connectivity index (χ0n) is 17.8. The van der Waals surface area contributed by atoms with Crippen molar-refractivity contribution in [2.75, 3.05) is 19.6 Å². The van der Waals surface area contributed by atoms with E-state index in [1.807, 2.05) is 30.3 Å². The van der Waals surface area contributed by atoms with Gasteiger partial charge in [-0.25, -0.2) is 4.79 Å². The van der Waals surface area contributed by atoms with Gasteiger partial charge in [0.25, 0.3) is 5.91 Å². The molecule has 0 aliphatic carbocycles. The number of rotatable bonds is 10. The monoisotopic (exact) mass is 412 g/mol. The molecule has 2 amide bonds. The highest BCUT2D eigenvalue weighted by Crippen LogP contribution is 2.29. The predicted octanol–water partition coefficient (Wildman–Crippen LogP) is 3.41. The molecule has 2 aliphatic rings. The van der Waals surface area contributed by atoms with Gasteiger partial charge in [0.05, 0.1) is 6.54 Å². The maximum atomic E-state index is 13.0. The van der Waals surface area contributed by atoms with Crippen LogP contribution in [-0.4, -0.2) is 58.4 Å². The normalized spacial score (nSPS) is 17.3. The maximum absolute atomic E-state index is 13.0. The van der Waals surface area contributed by atoms with Crippen LogP contribution in [0, 0.1) is 0 Å². The van der Waals surface area contributed by atoms with E-state index in [4.69, 9.17) is 0 Å². The van der Waals surface area contributed by atoms with E-state index >= 15 is 0 Å². The number of benzene rings is 1. The molecule has 0 fully saturated rings. The van der Waals surface area contributed by atoms with Gasteiger partial charge in [-0.1, -0.05) is 62.9 Å². The van der Waals surface area contributed by atoms with E-state index in [0.29, 0.717) is 38.0 Å². The van der Waals surface area contributed by atoms with Crippen LogP contribution >= 0.6 is 0 Å². The lowest BCUT2D eigenvalue weighted by atomic mass is 10.0. The highest BCUT2D eigenvalue weighted by Gasteiger charge is 2.40. The molecule has 1 N–H and O–H groups in total. The third-order valence-corrected chi connectivity index (χ3v) is 6.12. The highest BCUT2D eigenvalue weighted by molar-refractivity contribution is 6.00. The molecule has 1 aromatic rings. The Morgan fingerprint density at radius 2 is 1.80 bits per heavy atom. The van der Waals surface area contributed by atoms with Crippen molar-refractivity contribution in [2.24, 2.45) is 0 Å². The molecular weight excluding hydrogens is 380 g/mol. The number of hydrogen-bond acceptors (Lipinski definition) is 3. The summed E-state index contributed by atoms with van der Waals surface area (Å²) in [6.45, 7) is 3.46. The van der Waals surface area contributed by atoms with Gasteiger partial charge in [-0.15, -0.1) is 0 Å². The number of carboxylic acid groups (broad SMARTS) is 1. The number of aliphatic carboxylic acids is 1. The second-order valence-corrected chi connectivity index (χ2v) is 8.29. The van der Waals surface area contributed by atoms with Crippen molar-refractivity contribution < 1.29 is 19.5 Å². The largest absolute Gasteiger partial charge is 0.480 e. The van der Waals surface area contributed by atoms with Crippen molar-refractivity contribution in [3.05, 3.63) is 47.0 Å². The van der Waals surface area contributed by atoms with E-state index in [2.05, 4.69) is 6.92 Å². The molecule has 1 atom stereocenters. The molecule has 0 radical (unpaired) electrons. The van der Waals surface area contributed by atoms with E-state index in [0.717, 1.165) is 30.4 Å². The molecule has 0 unspecified atom stereocenters. The average molecular weight is 413 g/mol. The van der Waals surface area contributed by atoms with Crippen LogP contribution in [0.5, 0.6) is 0 Å². The van der Waals surface area contributed by atoms with Crippen LogP contribution in [0.2, 0.25) is 0 Å². The Labute approximate surface area is 178 Å². The zero-order valence-corrected chi connectivity index (χ0v) is 17.8. The van der Waals surface area contributed by atoms with Crippen LogP contribution < -0.4 is 0 Å². The molecule has 0 spiro atoms. The lowest BCUT2D eigenvalue weighted by Gasteiger charge is -2.27. The highest BCUT2D eigenvalue weighted by atomic mass is 16.4. The van der Waals surface area contributed by atoms with Crippen LogP contribution in [-0.2, 0) is 20.8 Å². The van der Waals surface area contributed by atoms with Crippen molar-refractivity contribution in [1.82, 2.24) is 9.80 Å². The fraction of sp³-hybridized carbons (Fsp3) is 0.542. The molecule has 3 rings (SSSR count). The van der Waals surface area contributed by atoms with Gasteiger partial charge in [0, 0.05) is 31.5 Å². The maximum Gasteiger partial charge on any atom is 0.326 e. The van der Waals surface area contributed by atoms with Crippen LogP contribution in [0.15, 0.2) is 41.5 Å². The van der Waals surface area contributed by atoms with Crippen LogP contribution in [0.25, 0.3) is 0 Å². The second kappa shape index (κ2) is 10.4. The molecule has 0 saturated carbocycles. The van der Waals surface area contributed by atoms with Gasteiger partial charge in [-0.3, -0.25) is 9.59 Å². The average Bonchev–Trinajstić information content (AvgIpc) is 3.08. The minimum atomic E-state index is -0.993. The number of unbranched alkanes of at least 4 members (excludes halogenated alkanes) is 4. The van der Waals surface area contributed by atoms with Crippen molar-refractivity contribution in [3.63, 3.8) is 0 Å². The number of carbonyl (C=O) groups is 3. The Morgan fingerprint density at radius 3 is 2.50 bits per heavy atom. The van der Waals surface area contributed by atoms with Gasteiger partial charge in [-0.05, 0) is 24.0 Å². The third-order valence-electron chi connectivity index (χ3n) is 6.12. The first-order valence-electron chi connectivity index (χ1n) is 11.1. The van der Waals surface area contributed by atoms with Gasteiger partial charge in [0.15, 0.2) is 0 Å². The van der Waals surface area contributed by atoms with Crippen molar-refractivity contribution in [2.45, 2.75) is 64.3 Å². The summed E-state index contributed by atoms with van der Waals surface area (Å²) in [6, 6.07) is 8.49. The number of carbonyl (C=O) groups excluding carboxylic acids is 2. The number of hydrogen-bond donors (Lipinski definition) is 1. The molecule has 2 aliphatic heterocycles. The van der Waals surface area contributed by atoms with E-state index in [1.54, 1.807) is 4.90 Å². The second-order valence-electron chi connectivity index (χ2n) is 8.29. The first-order valence-corrected chi connectivity index (χ1v) is 11.1. The first kappa shape index (κ1) is 22.1. The molecule has 0 aromatic heterocycles. The Hall–Kier alpha value is -2.63. The molecule has 30 heavy (non-hydrogen) atoms. The Morgan fingerprint density at radius 1 is 1.07 bits per heavy atom. The van der Waals surface area contributed by atoms with Crippen LogP contribution in [0.1, 0.15) is 57.4 Å². The van der Waals surface area contributed by atoms with E-state index in [9.17, 15) is 19.5 Å². The molecule has 162 valence electrons. The summed E-state index contributed by atoms with van der Waals surface area (Å²) in [4.78, 5) is 40.8. The van der Waals surface area contributed by atoms with Gasteiger partial charge in [0.1, 0.15) is 6.04 Å². The third kappa shape index (κ3) is 5.29. The Kier molecular flexibility index (Phi) is 7.66. The van der Waals surface area contributed by atoms with E-state index in [1.165, 1.54) is 17.7 Å². The van der Waals surface area contributed by atoms with E-state index < -0.39 is 12.0 Å². The van der Waals surface area contributed by atoms with Crippen molar-refractivity contribution >= 4 is 17.8 Å². The van der Waals surface area contributed by atoms with Crippen molar-refractivity contribution in [3.8, 4) is 0 Å². The first-order chi connectivity index (χ1) is 14.5. The smallest absolute Gasteiger partial charge is 0.326 e. The molecule has 1 aromatic carbocycles. The summed E-state index contributed by atoms with van der Waals surface area (Å²) in [6.07, 6.45) is 6.94. The number of amides is 2. The molecule has 6 heteroatoms. The molecule has 6 nitrogen and oxygen atoms in total. The Balaban J connectivity index is 1.59. The fourth-order valence-electron chi connectivity index (χ4n) is 4.32. The number of nitrogens with zero attached hydrogens (tertiary/aromatic N) is 2. The molecule has 0 saturated heterocycles. The number of carboxylic acids is 1. The summed E-state index contributed by atoms with van der Waals surface area (Å²) in [5.41, 5.74) is 2.51. The minimum Gasteiger partial charge on any atom is -0.480 e. The molecule has 0 bridgehead atoms. The van der Waals surface area contributed by atoms with Crippen LogP contribution in [0.3, 0.4) is 0 Å². The summed E-state index contributed by atoms with van der Waals surface area (Å²) in [5.74, 6) is -1.12. The fourth-order valence-corrected chi connectivity index (χ4v) is 4.32.